The molecule has 116 valence electrons. The van der Waals surface area contributed by atoms with E-state index in [1.54, 1.807) is 26.4 Å². The molecule has 2 rings (SSSR count). The van der Waals surface area contributed by atoms with Crippen molar-refractivity contribution in [3.05, 3.63) is 65.5 Å². The van der Waals surface area contributed by atoms with E-state index in [9.17, 15) is 9.18 Å². The Morgan fingerprint density at radius 3 is 2.50 bits per heavy atom. The van der Waals surface area contributed by atoms with Crippen molar-refractivity contribution < 1.29 is 18.7 Å². The van der Waals surface area contributed by atoms with E-state index in [2.05, 4.69) is 5.32 Å². The predicted molar refractivity (Wildman–Crippen MR) is 81.5 cm³/mol. The summed E-state index contributed by atoms with van der Waals surface area (Å²) in [6, 6.07) is 13.3. The fraction of sp³-hybridized carbons (Fsp3) is 0.235. The minimum atomic E-state index is -0.550. The summed E-state index contributed by atoms with van der Waals surface area (Å²) in [7, 11) is 3.12. The van der Waals surface area contributed by atoms with Crippen LogP contribution < -0.4 is 10.1 Å². The van der Waals surface area contributed by atoms with Gasteiger partial charge in [-0.3, -0.25) is 4.79 Å². The summed E-state index contributed by atoms with van der Waals surface area (Å²) >= 11 is 0. The van der Waals surface area contributed by atoms with Crippen molar-refractivity contribution in [2.45, 2.75) is 6.10 Å². The molecule has 0 spiro atoms. The number of halogens is 1. The van der Waals surface area contributed by atoms with Crippen LogP contribution in [0.1, 0.15) is 22.0 Å². The maximum atomic E-state index is 13.6. The standard InChI is InChI=1S/C17H18FNO3/c1-21-15-10-6-4-8-13(15)16(22-2)11-19-17(20)12-7-3-5-9-14(12)18/h3-10,16H,11H2,1-2H3,(H,19,20)/t16-/m1/s1. The van der Waals surface area contributed by atoms with Gasteiger partial charge in [-0.25, -0.2) is 4.39 Å². The molecule has 0 aromatic heterocycles. The first kappa shape index (κ1) is 16.0. The van der Waals surface area contributed by atoms with Crippen LogP contribution in [0.25, 0.3) is 0 Å². The summed E-state index contributed by atoms with van der Waals surface area (Å²) < 4.78 is 24.3. The van der Waals surface area contributed by atoms with Crippen LogP contribution in [0, 0.1) is 5.82 Å². The van der Waals surface area contributed by atoms with Crippen LogP contribution >= 0.6 is 0 Å². The third kappa shape index (κ3) is 3.62. The SMILES string of the molecule is COc1ccccc1[C@@H](CNC(=O)c1ccccc1F)OC. The highest BCUT2D eigenvalue weighted by Crippen LogP contribution is 2.26. The van der Waals surface area contributed by atoms with E-state index in [1.807, 2.05) is 24.3 Å². The quantitative estimate of drug-likeness (QED) is 0.892. The van der Waals surface area contributed by atoms with Crippen molar-refractivity contribution >= 4 is 5.91 Å². The molecule has 1 atom stereocenters. The highest BCUT2D eigenvalue weighted by Gasteiger charge is 2.17. The average Bonchev–Trinajstić information content (AvgIpc) is 2.56. The first-order valence-corrected chi connectivity index (χ1v) is 6.85. The third-order valence-corrected chi connectivity index (χ3v) is 3.34. The van der Waals surface area contributed by atoms with Gasteiger partial charge in [-0.1, -0.05) is 30.3 Å². The molecule has 0 aliphatic rings. The summed E-state index contributed by atoms with van der Waals surface area (Å²) in [5.41, 5.74) is 0.832. The zero-order valence-electron chi connectivity index (χ0n) is 12.5. The number of hydrogen-bond donors (Lipinski definition) is 1. The van der Waals surface area contributed by atoms with Crippen LogP contribution in [0.5, 0.6) is 5.75 Å². The number of para-hydroxylation sites is 1. The van der Waals surface area contributed by atoms with Crippen LogP contribution in [0.15, 0.2) is 48.5 Å². The van der Waals surface area contributed by atoms with E-state index < -0.39 is 11.7 Å². The molecule has 0 unspecified atom stereocenters. The molecule has 2 aromatic rings. The lowest BCUT2D eigenvalue weighted by atomic mass is 10.1. The number of carbonyl (C=O) groups is 1. The Morgan fingerprint density at radius 2 is 1.82 bits per heavy atom. The lowest BCUT2D eigenvalue weighted by Crippen LogP contribution is -2.29. The number of hydrogen-bond acceptors (Lipinski definition) is 3. The Balaban J connectivity index is 2.08. The average molecular weight is 303 g/mol. The van der Waals surface area contributed by atoms with Gasteiger partial charge in [0.15, 0.2) is 0 Å². The Hall–Kier alpha value is -2.40. The monoisotopic (exact) mass is 303 g/mol. The number of carbonyl (C=O) groups excluding carboxylic acids is 1. The normalized spacial score (nSPS) is 11.8. The molecule has 2 aromatic carbocycles. The highest BCUT2D eigenvalue weighted by molar-refractivity contribution is 5.94. The summed E-state index contributed by atoms with van der Waals surface area (Å²) in [6.07, 6.45) is -0.383. The van der Waals surface area contributed by atoms with Gasteiger partial charge in [0.25, 0.3) is 5.91 Å². The van der Waals surface area contributed by atoms with Crippen LogP contribution in [-0.4, -0.2) is 26.7 Å². The smallest absolute Gasteiger partial charge is 0.254 e. The van der Waals surface area contributed by atoms with Crippen LogP contribution in [0.3, 0.4) is 0 Å². The van der Waals surface area contributed by atoms with Gasteiger partial charge < -0.3 is 14.8 Å². The number of nitrogens with one attached hydrogen (secondary N) is 1. The largest absolute Gasteiger partial charge is 0.496 e. The molecule has 4 nitrogen and oxygen atoms in total. The molecule has 0 saturated carbocycles. The first-order valence-electron chi connectivity index (χ1n) is 6.85. The summed E-state index contributed by atoms with van der Waals surface area (Å²) in [5, 5.41) is 2.68. The Kier molecular flexibility index (Phi) is 5.49. The van der Waals surface area contributed by atoms with E-state index in [0.29, 0.717) is 5.75 Å². The van der Waals surface area contributed by atoms with Crippen LogP contribution in [0.4, 0.5) is 4.39 Å². The van der Waals surface area contributed by atoms with E-state index >= 15 is 0 Å². The van der Waals surface area contributed by atoms with Gasteiger partial charge in [0.1, 0.15) is 17.7 Å². The van der Waals surface area contributed by atoms with E-state index in [-0.39, 0.29) is 18.2 Å². The lowest BCUT2D eigenvalue weighted by Gasteiger charge is -2.19. The molecule has 22 heavy (non-hydrogen) atoms. The molecule has 0 bridgehead atoms. The van der Waals surface area contributed by atoms with Crippen molar-refractivity contribution in [2.75, 3.05) is 20.8 Å². The van der Waals surface area contributed by atoms with Crippen molar-refractivity contribution in [2.24, 2.45) is 0 Å². The van der Waals surface area contributed by atoms with Gasteiger partial charge in [-0.05, 0) is 18.2 Å². The van der Waals surface area contributed by atoms with Gasteiger partial charge >= 0.3 is 0 Å². The second kappa shape index (κ2) is 7.56. The molecule has 0 aliphatic heterocycles. The van der Waals surface area contributed by atoms with Gasteiger partial charge in [0.2, 0.25) is 0 Å². The molecule has 0 fully saturated rings. The summed E-state index contributed by atoms with van der Waals surface area (Å²) in [6.45, 7) is 0.212. The minimum Gasteiger partial charge on any atom is -0.496 e. The molecule has 1 N–H and O–H groups in total. The van der Waals surface area contributed by atoms with E-state index in [1.165, 1.54) is 12.1 Å². The van der Waals surface area contributed by atoms with Gasteiger partial charge in [-0.2, -0.15) is 0 Å². The molecule has 0 saturated heterocycles. The zero-order chi connectivity index (χ0) is 15.9. The lowest BCUT2D eigenvalue weighted by molar-refractivity contribution is 0.0816. The number of rotatable bonds is 6. The number of benzene rings is 2. The number of amides is 1. The molecule has 0 heterocycles. The Bertz CT molecular complexity index is 645. The minimum absolute atomic E-state index is 0.0115. The number of methoxy groups -OCH3 is 2. The molecule has 1 amide bonds. The second-order valence-electron chi connectivity index (χ2n) is 4.66. The molecule has 5 heteroatoms. The Labute approximate surface area is 128 Å². The van der Waals surface area contributed by atoms with E-state index in [0.717, 1.165) is 5.56 Å². The summed E-state index contributed by atoms with van der Waals surface area (Å²) in [5.74, 6) is -0.351. The fourth-order valence-corrected chi connectivity index (χ4v) is 2.18. The van der Waals surface area contributed by atoms with Gasteiger partial charge in [0, 0.05) is 19.2 Å². The van der Waals surface area contributed by atoms with Crippen LogP contribution in [-0.2, 0) is 4.74 Å². The van der Waals surface area contributed by atoms with Gasteiger partial charge in [0.05, 0.1) is 12.7 Å². The maximum absolute atomic E-state index is 13.6. The van der Waals surface area contributed by atoms with Gasteiger partial charge in [-0.15, -0.1) is 0 Å². The van der Waals surface area contributed by atoms with Crippen molar-refractivity contribution in [3.63, 3.8) is 0 Å². The third-order valence-electron chi connectivity index (χ3n) is 3.34. The Morgan fingerprint density at radius 1 is 1.14 bits per heavy atom. The van der Waals surface area contributed by atoms with Crippen LogP contribution in [0.2, 0.25) is 0 Å². The summed E-state index contributed by atoms with van der Waals surface area (Å²) in [4.78, 5) is 12.0. The van der Waals surface area contributed by atoms with Crippen molar-refractivity contribution in [3.8, 4) is 5.75 Å². The maximum Gasteiger partial charge on any atom is 0.254 e. The molecular weight excluding hydrogens is 285 g/mol. The molecule has 0 radical (unpaired) electrons. The van der Waals surface area contributed by atoms with E-state index in [4.69, 9.17) is 9.47 Å². The number of ether oxygens (including phenoxy) is 2. The van der Waals surface area contributed by atoms with Crippen molar-refractivity contribution in [1.29, 1.82) is 0 Å². The van der Waals surface area contributed by atoms with Crippen molar-refractivity contribution in [1.82, 2.24) is 5.32 Å². The zero-order valence-corrected chi connectivity index (χ0v) is 12.5. The predicted octanol–water partition coefficient (Wildman–Crippen LogP) is 2.95. The molecular formula is C17H18FNO3. The molecule has 0 aliphatic carbocycles. The fourth-order valence-electron chi connectivity index (χ4n) is 2.18. The topological polar surface area (TPSA) is 47.6 Å². The second-order valence-corrected chi connectivity index (χ2v) is 4.66. The first-order chi connectivity index (χ1) is 10.7. The highest BCUT2D eigenvalue weighted by atomic mass is 19.1.